The second-order valence-corrected chi connectivity index (χ2v) is 7.72. The summed E-state index contributed by atoms with van der Waals surface area (Å²) in [5.41, 5.74) is 3.85. The molecule has 1 aromatic carbocycles. The van der Waals surface area contributed by atoms with Crippen molar-refractivity contribution in [2.45, 2.75) is 39.2 Å². The molecule has 25 heavy (non-hydrogen) atoms. The number of aromatic amines is 1. The predicted octanol–water partition coefficient (Wildman–Crippen LogP) is 4.14. The molecule has 4 rings (SSSR count). The van der Waals surface area contributed by atoms with Gasteiger partial charge in [0.15, 0.2) is 5.82 Å². The van der Waals surface area contributed by atoms with Gasteiger partial charge in [0.1, 0.15) is 0 Å². The Balaban J connectivity index is 1.46. The second kappa shape index (κ2) is 6.15. The van der Waals surface area contributed by atoms with E-state index in [4.69, 9.17) is 4.52 Å². The van der Waals surface area contributed by atoms with Crippen LogP contribution >= 0.6 is 0 Å². The zero-order chi connectivity index (χ0) is 17.4. The smallest absolute Gasteiger partial charge is 0.240 e. The summed E-state index contributed by atoms with van der Waals surface area (Å²) in [6.07, 6.45) is 5.47. The molecule has 0 radical (unpaired) electrons. The van der Waals surface area contributed by atoms with Crippen LogP contribution in [0.5, 0.6) is 0 Å². The van der Waals surface area contributed by atoms with Crippen LogP contribution in [0.25, 0.3) is 16.5 Å². The van der Waals surface area contributed by atoms with Gasteiger partial charge in [-0.25, -0.2) is 0 Å². The number of aromatic nitrogens is 3. The molecule has 0 saturated carbocycles. The molecule has 3 aromatic rings. The van der Waals surface area contributed by atoms with Gasteiger partial charge in [0.2, 0.25) is 5.89 Å². The molecule has 0 spiro atoms. The van der Waals surface area contributed by atoms with Gasteiger partial charge in [0.05, 0.1) is 6.54 Å². The highest BCUT2D eigenvalue weighted by Gasteiger charge is 2.22. The summed E-state index contributed by atoms with van der Waals surface area (Å²) in [4.78, 5) is 10.3. The molecule has 5 heteroatoms. The van der Waals surface area contributed by atoms with E-state index < -0.39 is 0 Å². The Morgan fingerprint density at radius 1 is 1.24 bits per heavy atom. The summed E-state index contributed by atoms with van der Waals surface area (Å²) in [5, 5.41) is 5.41. The number of benzene rings is 1. The van der Waals surface area contributed by atoms with E-state index in [9.17, 15) is 0 Å². The molecule has 0 fully saturated rings. The van der Waals surface area contributed by atoms with E-state index in [0.29, 0.717) is 12.4 Å². The molecule has 3 heterocycles. The number of hydrogen-bond acceptors (Lipinski definition) is 4. The molecule has 0 amide bonds. The standard InChI is InChI=1S/C20H24N4O/c1-20(2,3)19-22-18(25-23-19)13-24-10-8-14(9-11-24)16-12-21-17-7-5-4-6-15(16)17/h4-8,12,21H,9-11,13H2,1-3H3. The lowest BCUT2D eigenvalue weighted by Crippen LogP contribution is -2.28. The highest BCUT2D eigenvalue weighted by molar-refractivity contribution is 5.92. The average molecular weight is 336 g/mol. The molecule has 2 aromatic heterocycles. The Hall–Kier alpha value is -2.40. The Morgan fingerprint density at radius 3 is 2.80 bits per heavy atom. The predicted molar refractivity (Wildman–Crippen MR) is 99.2 cm³/mol. The summed E-state index contributed by atoms with van der Waals surface area (Å²) in [6, 6.07) is 8.46. The Morgan fingerprint density at radius 2 is 2.08 bits per heavy atom. The van der Waals surface area contributed by atoms with Crippen molar-refractivity contribution in [2.75, 3.05) is 13.1 Å². The number of nitrogens with one attached hydrogen (secondary N) is 1. The lowest BCUT2D eigenvalue weighted by atomic mass is 9.96. The van der Waals surface area contributed by atoms with E-state index in [0.717, 1.165) is 25.3 Å². The van der Waals surface area contributed by atoms with Gasteiger partial charge in [-0.15, -0.1) is 0 Å². The van der Waals surface area contributed by atoms with Gasteiger partial charge in [-0.2, -0.15) is 4.98 Å². The fourth-order valence-corrected chi connectivity index (χ4v) is 3.25. The molecule has 0 aliphatic carbocycles. The monoisotopic (exact) mass is 336 g/mol. The first-order valence-corrected chi connectivity index (χ1v) is 8.81. The van der Waals surface area contributed by atoms with Gasteiger partial charge in [-0.1, -0.05) is 50.2 Å². The fraction of sp³-hybridized carbons (Fsp3) is 0.400. The van der Waals surface area contributed by atoms with Crippen LogP contribution in [-0.2, 0) is 12.0 Å². The van der Waals surface area contributed by atoms with Gasteiger partial charge >= 0.3 is 0 Å². The number of para-hydroxylation sites is 1. The molecule has 0 unspecified atom stereocenters. The van der Waals surface area contributed by atoms with Crippen LogP contribution in [0.4, 0.5) is 0 Å². The first-order valence-electron chi connectivity index (χ1n) is 8.81. The highest BCUT2D eigenvalue weighted by atomic mass is 16.5. The van der Waals surface area contributed by atoms with Crippen LogP contribution < -0.4 is 0 Å². The largest absolute Gasteiger partial charge is 0.361 e. The molecule has 1 aliphatic rings. The van der Waals surface area contributed by atoms with Crippen molar-refractivity contribution in [3.63, 3.8) is 0 Å². The van der Waals surface area contributed by atoms with Crippen molar-refractivity contribution in [3.05, 3.63) is 53.8 Å². The van der Waals surface area contributed by atoms with Crippen molar-refractivity contribution in [1.29, 1.82) is 0 Å². The summed E-state index contributed by atoms with van der Waals surface area (Å²) < 4.78 is 5.42. The average Bonchev–Trinajstić information content (AvgIpc) is 3.22. The first-order chi connectivity index (χ1) is 12.0. The third kappa shape index (κ3) is 3.24. The Labute approximate surface area is 147 Å². The van der Waals surface area contributed by atoms with Crippen LogP contribution in [0, 0.1) is 0 Å². The summed E-state index contributed by atoms with van der Waals surface area (Å²) >= 11 is 0. The van der Waals surface area contributed by atoms with E-state index in [1.54, 1.807) is 0 Å². The zero-order valence-corrected chi connectivity index (χ0v) is 15.0. The first kappa shape index (κ1) is 16.1. The molecular formula is C20H24N4O. The fourth-order valence-electron chi connectivity index (χ4n) is 3.25. The molecule has 0 atom stereocenters. The lowest BCUT2D eigenvalue weighted by Gasteiger charge is -2.24. The minimum absolute atomic E-state index is 0.0773. The molecule has 1 aliphatic heterocycles. The van der Waals surface area contributed by atoms with Crippen LogP contribution in [0.1, 0.15) is 44.5 Å². The van der Waals surface area contributed by atoms with Crippen LogP contribution in [0.3, 0.4) is 0 Å². The Bertz CT molecular complexity index is 913. The van der Waals surface area contributed by atoms with Gasteiger partial charge in [-0.3, -0.25) is 4.90 Å². The van der Waals surface area contributed by atoms with Crippen LogP contribution in [-0.4, -0.2) is 33.1 Å². The van der Waals surface area contributed by atoms with Crippen molar-refractivity contribution in [1.82, 2.24) is 20.0 Å². The summed E-state index contributed by atoms with van der Waals surface area (Å²) in [5.74, 6) is 1.48. The minimum Gasteiger partial charge on any atom is -0.361 e. The number of fused-ring (bicyclic) bond motifs is 1. The molecule has 0 saturated heterocycles. The van der Waals surface area contributed by atoms with E-state index >= 15 is 0 Å². The van der Waals surface area contributed by atoms with Crippen molar-refractivity contribution in [3.8, 4) is 0 Å². The molecule has 1 N–H and O–H groups in total. The van der Waals surface area contributed by atoms with E-state index in [1.807, 2.05) is 0 Å². The third-order valence-electron chi connectivity index (χ3n) is 4.73. The molecule has 5 nitrogen and oxygen atoms in total. The summed E-state index contributed by atoms with van der Waals surface area (Å²) in [7, 11) is 0. The Kier molecular flexibility index (Phi) is 3.96. The number of rotatable bonds is 3. The number of H-pyrrole nitrogens is 1. The normalized spacial score (nSPS) is 16.4. The van der Waals surface area contributed by atoms with Crippen molar-refractivity contribution in [2.24, 2.45) is 0 Å². The minimum atomic E-state index is -0.0773. The van der Waals surface area contributed by atoms with Crippen molar-refractivity contribution < 1.29 is 4.52 Å². The van der Waals surface area contributed by atoms with E-state index in [1.165, 1.54) is 22.0 Å². The van der Waals surface area contributed by atoms with Crippen LogP contribution in [0.2, 0.25) is 0 Å². The quantitative estimate of drug-likeness (QED) is 0.781. The van der Waals surface area contributed by atoms with Gasteiger partial charge in [0, 0.05) is 41.2 Å². The zero-order valence-electron chi connectivity index (χ0n) is 15.0. The van der Waals surface area contributed by atoms with Crippen LogP contribution in [0.15, 0.2) is 41.1 Å². The maximum absolute atomic E-state index is 5.42. The van der Waals surface area contributed by atoms with Gasteiger partial charge in [0.25, 0.3) is 0 Å². The van der Waals surface area contributed by atoms with E-state index in [-0.39, 0.29) is 5.41 Å². The van der Waals surface area contributed by atoms with E-state index in [2.05, 4.69) is 77.3 Å². The maximum atomic E-state index is 5.42. The topological polar surface area (TPSA) is 58.0 Å². The van der Waals surface area contributed by atoms with Gasteiger partial charge < -0.3 is 9.51 Å². The van der Waals surface area contributed by atoms with Gasteiger partial charge in [-0.05, 0) is 18.1 Å². The SMILES string of the molecule is CC(C)(C)c1noc(CN2CC=C(c3c[nH]c4ccccc34)CC2)n1. The maximum Gasteiger partial charge on any atom is 0.240 e. The molecule has 0 bridgehead atoms. The molecular weight excluding hydrogens is 312 g/mol. The van der Waals surface area contributed by atoms with Crippen molar-refractivity contribution >= 4 is 16.5 Å². The highest BCUT2D eigenvalue weighted by Crippen LogP contribution is 2.29. The summed E-state index contributed by atoms with van der Waals surface area (Å²) in [6.45, 7) is 8.90. The molecule has 130 valence electrons. The third-order valence-corrected chi connectivity index (χ3v) is 4.73. The lowest BCUT2D eigenvalue weighted by molar-refractivity contribution is 0.244. The number of hydrogen-bond donors (Lipinski definition) is 1. The number of nitrogens with zero attached hydrogens (tertiary/aromatic N) is 3. The second-order valence-electron chi connectivity index (χ2n) is 7.72.